The summed E-state index contributed by atoms with van der Waals surface area (Å²) in [7, 11) is 0. The highest BCUT2D eigenvalue weighted by Crippen LogP contribution is 2.21. The number of nitrogens with two attached hydrogens (primary N) is 1. The molecular weight excluding hydrogens is 203 g/mol. The summed E-state index contributed by atoms with van der Waals surface area (Å²) in [5, 5.41) is 0. The van der Waals surface area contributed by atoms with Crippen molar-refractivity contribution in [2.45, 2.75) is 32.0 Å². The first-order chi connectivity index (χ1) is 5.83. The molecular formula is C7H12F3NOS. The molecule has 0 aromatic heterocycles. The number of hydrogen-bond donors (Lipinski definition) is 1. The van der Waals surface area contributed by atoms with E-state index in [1.165, 1.54) is 0 Å². The van der Waals surface area contributed by atoms with Gasteiger partial charge in [0.1, 0.15) is 11.1 Å². The molecule has 0 aliphatic carbocycles. The van der Waals surface area contributed by atoms with Crippen LogP contribution in [0.5, 0.6) is 0 Å². The second-order valence-corrected chi connectivity index (χ2v) is 3.11. The number of thiocarbonyl (C=S) groups is 1. The average Bonchev–Trinajstić information content (AvgIpc) is 1.95. The lowest BCUT2D eigenvalue weighted by molar-refractivity contribution is -0.138. The zero-order valence-electron chi connectivity index (χ0n) is 7.23. The van der Waals surface area contributed by atoms with Gasteiger partial charge in [-0.05, 0) is 13.3 Å². The van der Waals surface area contributed by atoms with Crippen LogP contribution in [0.3, 0.4) is 0 Å². The summed E-state index contributed by atoms with van der Waals surface area (Å²) in [6.07, 6.45) is -5.47. The molecule has 2 N–H and O–H groups in total. The van der Waals surface area contributed by atoms with Gasteiger partial charge in [0.25, 0.3) is 0 Å². The second kappa shape index (κ2) is 5.39. The molecule has 0 aliphatic rings. The van der Waals surface area contributed by atoms with E-state index in [4.69, 9.17) is 10.5 Å². The first-order valence-electron chi connectivity index (χ1n) is 3.80. The highest BCUT2D eigenvalue weighted by atomic mass is 32.1. The summed E-state index contributed by atoms with van der Waals surface area (Å²) in [5.74, 6) is 0. The summed E-state index contributed by atoms with van der Waals surface area (Å²) in [4.78, 5) is 0.159. The van der Waals surface area contributed by atoms with Crippen molar-refractivity contribution in [1.82, 2.24) is 0 Å². The maximum absolute atomic E-state index is 11.6. The van der Waals surface area contributed by atoms with Crippen molar-refractivity contribution in [3.8, 4) is 0 Å². The fourth-order valence-electron chi connectivity index (χ4n) is 0.615. The van der Waals surface area contributed by atoms with Crippen LogP contribution in [-0.2, 0) is 4.74 Å². The number of halogens is 3. The number of rotatable bonds is 5. The topological polar surface area (TPSA) is 35.2 Å². The molecule has 0 spiro atoms. The molecule has 0 heterocycles. The molecule has 0 amide bonds. The zero-order valence-corrected chi connectivity index (χ0v) is 8.04. The van der Waals surface area contributed by atoms with Crippen LogP contribution >= 0.6 is 12.2 Å². The third kappa shape index (κ3) is 7.98. The Bertz CT molecular complexity index is 172. The highest BCUT2D eigenvalue weighted by molar-refractivity contribution is 7.80. The summed E-state index contributed by atoms with van der Waals surface area (Å²) in [6.45, 7) is 1.63. The quantitative estimate of drug-likeness (QED) is 0.563. The van der Waals surface area contributed by atoms with E-state index in [2.05, 4.69) is 12.2 Å². The predicted octanol–water partition coefficient (Wildman–Crippen LogP) is 2.02. The molecule has 0 saturated heterocycles. The summed E-state index contributed by atoms with van der Waals surface area (Å²) in [6, 6.07) is 0. The first kappa shape index (κ1) is 12.6. The molecule has 0 saturated carbocycles. The minimum Gasteiger partial charge on any atom is -0.391 e. The van der Waals surface area contributed by atoms with E-state index in [0.29, 0.717) is 0 Å². The summed E-state index contributed by atoms with van der Waals surface area (Å²) in [5.41, 5.74) is 5.19. The average molecular weight is 215 g/mol. The number of hydrogen-bond acceptors (Lipinski definition) is 2. The van der Waals surface area contributed by atoms with Gasteiger partial charge < -0.3 is 10.5 Å². The second-order valence-electron chi connectivity index (χ2n) is 2.63. The summed E-state index contributed by atoms with van der Waals surface area (Å²) < 4.78 is 39.8. The van der Waals surface area contributed by atoms with E-state index in [9.17, 15) is 13.2 Å². The molecule has 0 radical (unpaired) electrons. The number of ether oxygens (including phenoxy) is 1. The van der Waals surface area contributed by atoms with E-state index < -0.39 is 18.7 Å². The lowest BCUT2D eigenvalue weighted by Crippen LogP contribution is -2.27. The van der Waals surface area contributed by atoms with E-state index in [1.807, 2.05) is 0 Å². The van der Waals surface area contributed by atoms with Crippen molar-refractivity contribution in [3.05, 3.63) is 0 Å². The molecule has 2 nitrogen and oxygen atoms in total. The lowest BCUT2D eigenvalue weighted by Gasteiger charge is -2.11. The van der Waals surface area contributed by atoms with Crippen molar-refractivity contribution >= 4 is 17.2 Å². The van der Waals surface area contributed by atoms with Gasteiger partial charge in [0.05, 0.1) is 0 Å². The van der Waals surface area contributed by atoms with Crippen molar-refractivity contribution < 1.29 is 17.9 Å². The van der Waals surface area contributed by atoms with Crippen LogP contribution in [0.25, 0.3) is 0 Å². The van der Waals surface area contributed by atoms with Crippen LogP contribution < -0.4 is 5.73 Å². The van der Waals surface area contributed by atoms with Crippen LogP contribution in [0, 0.1) is 0 Å². The zero-order chi connectivity index (χ0) is 10.5. The molecule has 78 valence electrons. The van der Waals surface area contributed by atoms with Crippen molar-refractivity contribution in [2.75, 3.05) is 6.61 Å². The standard InChI is InChI=1S/C7H12F3NOS/c1-5(6(11)13)12-4-2-3-7(8,9)10/h5H,2-4H2,1H3,(H2,11,13). The first-order valence-corrected chi connectivity index (χ1v) is 4.21. The third-order valence-electron chi connectivity index (χ3n) is 1.37. The largest absolute Gasteiger partial charge is 0.391 e. The van der Waals surface area contributed by atoms with Crippen LogP contribution in [0.4, 0.5) is 13.2 Å². The molecule has 0 rings (SSSR count). The van der Waals surface area contributed by atoms with Gasteiger partial charge in [-0.3, -0.25) is 0 Å². The Balaban J connectivity index is 3.41. The molecule has 0 bridgehead atoms. The van der Waals surface area contributed by atoms with Gasteiger partial charge in [0.2, 0.25) is 0 Å². The summed E-state index contributed by atoms with van der Waals surface area (Å²) >= 11 is 4.57. The fraction of sp³-hybridized carbons (Fsp3) is 0.857. The Hall–Kier alpha value is -0.360. The van der Waals surface area contributed by atoms with E-state index in [1.54, 1.807) is 6.92 Å². The Kier molecular flexibility index (Phi) is 5.24. The third-order valence-corrected chi connectivity index (χ3v) is 1.71. The van der Waals surface area contributed by atoms with Gasteiger partial charge in [-0.1, -0.05) is 12.2 Å². The predicted molar refractivity (Wildman–Crippen MR) is 47.5 cm³/mol. The molecule has 0 aliphatic heterocycles. The van der Waals surface area contributed by atoms with Gasteiger partial charge in [-0.15, -0.1) is 0 Å². The highest BCUT2D eigenvalue weighted by Gasteiger charge is 2.26. The van der Waals surface area contributed by atoms with Gasteiger partial charge in [0.15, 0.2) is 0 Å². The maximum Gasteiger partial charge on any atom is 0.389 e. The Morgan fingerprint density at radius 3 is 2.46 bits per heavy atom. The molecule has 0 fully saturated rings. The SMILES string of the molecule is CC(OCCCC(F)(F)F)C(N)=S. The monoisotopic (exact) mass is 215 g/mol. The van der Waals surface area contributed by atoms with Gasteiger partial charge >= 0.3 is 6.18 Å². The van der Waals surface area contributed by atoms with Crippen LogP contribution in [0.1, 0.15) is 19.8 Å². The molecule has 1 unspecified atom stereocenters. The van der Waals surface area contributed by atoms with Crippen molar-refractivity contribution in [2.24, 2.45) is 5.73 Å². The molecule has 0 aromatic rings. The fourth-order valence-corrected chi connectivity index (χ4v) is 0.683. The Morgan fingerprint density at radius 1 is 1.54 bits per heavy atom. The number of alkyl halides is 3. The maximum atomic E-state index is 11.6. The lowest BCUT2D eigenvalue weighted by atomic mass is 10.3. The van der Waals surface area contributed by atoms with Gasteiger partial charge in [0, 0.05) is 13.0 Å². The van der Waals surface area contributed by atoms with Crippen LogP contribution in [-0.4, -0.2) is 23.9 Å². The molecule has 1 atom stereocenters. The smallest absolute Gasteiger partial charge is 0.389 e. The molecule has 0 aromatic carbocycles. The Labute approximate surface area is 80.2 Å². The van der Waals surface area contributed by atoms with E-state index in [0.717, 1.165) is 0 Å². The van der Waals surface area contributed by atoms with Crippen molar-refractivity contribution in [3.63, 3.8) is 0 Å². The van der Waals surface area contributed by atoms with E-state index in [-0.39, 0.29) is 18.0 Å². The molecule has 13 heavy (non-hydrogen) atoms. The van der Waals surface area contributed by atoms with Gasteiger partial charge in [-0.2, -0.15) is 13.2 Å². The minimum atomic E-state index is -4.12. The van der Waals surface area contributed by atoms with Crippen LogP contribution in [0.15, 0.2) is 0 Å². The van der Waals surface area contributed by atoms with E-state index >= 15 is 0 Å². The normalized spacial score (nSPS) is 14.2. The Morgan fingerprint density at radius 2 is 2.08 bits per heavy atom. The van der Waals surface area contributed by atoms with Crippen LogP contribution in [0.2, 0.25) is 0 Å². The van der Waals surface area contributed by atoms with Gasteiger partial charge in [-0.25, -0.2) is 0 Å². The minimum absolute atomic E-state index is 0.0258. The molecule has 6 heteroatoms. The van der Waals surface area contributed by atoms with Crippen molar-refractivity contribution in [1.29, 1.82) is 0 Å².